The normalized spacial score (nSPS) is 26.4. The summed E-state index contributed by atoms with van der Waals surface area (Å²) in [5.41, 5.74) is 2.02. The van der Waals surface area contributed by atoms with E-state index in [0.717, 1.165) is 49.6 Å². The van der Waals surface area contributed by atoms with E-state index < -0.39 is 0 Å². The maximum atomic E-state index is 12.4. The topological polar surface area (TPSA) is 70.6 Å². The second-order valence-corrected chi connectivity index (χ2v) is 8.84. The van der Waals surface area contributed by atoms with E-state index >= 15 is 0 Å². The SMILES string of the molecule is Cc1nc(C(=O)N(C)C)nc(N2CC[C@@H](NC3CCOC34CCCC4)C2)c1C. The van der Waals surface area contributed by atoms with Gasteiger partial charge in [-0.2, -0.15) is 0 Å². The molecular weight excluding hydrogens is 354 g/mol. The highest BCUT2D eigenvalue weighted by molar-refractivity contribution is 5.90. The minimum absolute atomic E-state index is 0.0835. The van der Waals surface area contributed by atoms with Crippen LogP contribution in [0.1, 0.15) is 60.4 Å². The Labute approximate surface area is 167 Å². The van der Waals surface area contributed by atoms with E-state index in [-0.39, 0.29) is 17.3 Å². The van der Waals surface area contributed by atoms with Crippen molar-refractivity contribution in [1.29, 1.82) is 0 Å². The van der Waals surface area contributed by atoms with Crippen LogP contribution in [0.15, 0.2) is 0 Å². The van der Waals surface area contributed by atoms with E-state index in [2.05, 4.69) is 20.2 Å². The fraction of sp³-hybridized carbons (Fsp3) is 0.762. The van der Waals surface area contributed by atoms with Gasteiger partial charge >= 0.3 is 0 Å². The summed E-state index contributed by atoms with van der Waals surface area (Å²) in [5.74, 6) is 1.04. The largest absolute Gasteiger partial charge is 0.373 e. The number of anilines is 1. The molecule has 1 aliphatic carbocycles. The molecule has 154 valence electrons. The Kier molecular flexibility index (Phi) is 5.31. The summed E-state index contributed by atoms with van der Waals surface area (Å²) in [7, 11) is 3.47. The minimum atomic E-state index is -0.149. The maximum Gasteiger partial charge on any atom is 0.291 e. The molecule has 3 heterocycles. The van der Waals surface area contributed by atoms with E-state index in [9.17, 15) is 4.79 Å². The molecule has 0 bridgehead atoms. The van der Waals surface area contributed by atoms with Gasteiger partial charge in [-0.1, -0.05) is 12.8 Å². The van der Waals surface area contributed by atoms with E-state index in [1.165, 1.54) is 30.6 Å². The third-order valence-electron chi connectivity index (χ3n) is 6.77. The van der Waals surface area contributed by atoms with Crippen LogP contribution < -0.4 is 10.2 Å². The molecule has 1 aromatic rings. The van der Waals surface area contributed by atoms with Crippen LogP contribution in [-0.4, -0.2) is 72.3 Å². The molecule has 7 heteroatoms. The zero-order valence-corrected chi connectivity index (χ0v) is 17.6. The Bertz CT molecular complexity index is 739. The van der Waals surface area contributed by atoms with Gasteiger partial charge in [-0.3, -0.25) is 4.79 Å². The standard InChI is InChI=1S/C21H33N5O2/c1-14-15(2)22-18(20(27)25(3)4)24-19(14)26-11-7-16(13-26)23-17-8-12-28-21(17)9-5-6-10-21/h16-17,23H,5-13H2,1-4H3/t16-,17?/m1/s1. The van der Waals surface area contributed by atoms with Crippen molar-refractivity contribution >= 4 is 11.7 Å². The van der Waals surface area contributed by atoms with Crippen molar-refractivity contribution in [3.05, 3.63) is 17.1 Å². The van der Waals surface area contributed by atoms with Crippen LogP contribution in [0.3, 0.4) is 0 Å². The average Bonchev–Trinajstić information content (AvgIpc) is 3.40. The van der Waals surface area contributed by atoms with Crippen LogP contribution in [0.25, 0.3) is 0 Å². The van der Waals surface area contributed by atoms with Crippen molar-refractivity contribution in [3.8, 4) is 0 Å². The number of nitrogens with zero attached hydrogens (tertiary/aromatic N) is 4. The predicted molar refractivity (Wildman–Crippen MR) is 109 cm³/mol. The van der Waals surface area contributed by atoms with Crippen molar-refractivity contribution in [2.75, 3.05) is 38.7 Å². The van der Waals surface area contributed by atoms with Crippen LogP contribution in [0.4, 0.5) is 5.82 Å². The Morgan fingerprint density at radius 2 is 1.96 bits per heavy atom. The summed E-state index contributed by atoms with van der Waals surface area (Å²) < 4.78 is 6.20. The maximum absolute atomic E-state index is 12.4. The molecule has 0 radical (unpaired) electrons. The number of rotatable bonds is 4. The second-order valence-electron chi connectivity index (χ2n) is 8.84. The highest BCUT2D eigenvalue weighted by Gasteiger charge is 2.47. The van der Waals surface area contributed by atoms with Crippen molar-refractivity contribution in [2.45, 2.75) is 70.1 Å². The van der Waals surface area contributed by atoms with Crippen LogP contribution >= 0.6 is 0 Å². The molecule has 2 saturated heterocycles. The minimum Gasteiger partial charge on any atom is -0.373 e. The smallest absolute Gasteiger partial charge is 0.291 e. The number of aryl methyl sites for hydroxylation is 1. The molecule has 2 aliphatic heterocycles. The van der Waals surface area contributed by atoms with E-state index in [1.54, 1.807) is 14.1 Å². The molecule has 28 heavy (non-hydrogen) atoms. The molecule has 3 aliphatic rings. The zero-order chi connectivity index (χ0) is 19.9. The predicted octanol–water partition coefficient (Wildman–Crippen LogP) is 2.07. The van der Waals surface area contributed by atoms with Gasteiger partial charge in [0.15, 0.2) is 0 Å². The van der Waals surface area contributed by atoms with Crippen molar-refractivity contribution in [1.82, 2.24) is 20.2 Å². The van der Waals surface area contributed by atoms with E-state index in [1.807, 2.05) is 13.8 Å². The zero-order valence-electron chi connectivity index (χ0n) is 17.6. The monoisotopic (exact) mass is 387 g/mol. The van der Waals surface area contributed by atoms with Gasteiger partial charge in [-0.25, -0.2) is 9.97 Å². The van der Waals surface area contributed by atoms with Gasteiger partial charge in [-0.15, -0.1) is 0 Å². The lowest BCUT2D eigenvalue weighted by molar-refractivity contribution is -0.00616. The van der Waals surface area contributed by atoms with Gasteiger partial charge in [0.05, 0.1) is 5.60 Å². The molecule has 1 saturated carbocycles. The van der Waals surface area contributed by atoms with Gasteiger partial charge in [0.1, 0.15) is 5.82 Å². The molecule has 1 spiro atoms. The fourth-order valence-corrected chi connectivity index (χ4v) is 5.04. The Morgan fingerprint density at radius 1 is 1.21 bits per heavy atom. The van der Waals surface area contributed by atoms with Crippen molar-refractivity contribution < 1.29 is 9.53 Å². The van der Waals surface area contributed by atoms with E-state index in [4.69, 9.17) is 4.74 Å². The number of carbonyl (C=O) groups excluding carboxylic acids is 1. The summed E-state index contributed by atoms with van der Waals surface area (Å²) in [4.78, 5) is 25.3. The average molecular weight is 388 g/mol. The molecule has 3 fully saturated rings. The highest BCUT2D eigenvalue weighted by atomic mass is 16.5. The molecule has 1 aromatic heterocycles. The first kappa shape index (κ1) is 19.6. The molecule has 1 N–H and O–H groups in total. The highest BCUT2D eigenvalue weighted by Crippen LogP contribution is 2.41. The molecule has 0 aromatic carbocycles. The summed E-state index contributed by atoms with van der Waals surface area (Å²) in [6.07, 6.45) is 7.17. The fourth-order valence-electron chi connectivity index (χ4n) is 5.04. The first-order valence-electron chi connectivity index (χ1n) is 10.6. The Balaban J connectivity index is 1.47. The first-order valence-corrected chi connectivity index (χ1v) is 10.6. The first-order chi connectivity index (χ1) is 13.4. The summed E-state index contributed by atoms with van der Waals surface area (Å²) >= 11 is 0. The summed E-state index contributed by atoms with van der Waals surface area (Å²) in [5, 5.41) is 3.91. The number of hydrogen-bond acceptors (Lipinski definition) is 6. The quantitative estimate of drug-likeness (QED) is 0.853. The second kappa shape index (κ2) is 7.59. The number of amides is 1. The van der Waals surface area contributed by atoms with Gasteiger partial charge < -0.3 is 19.9 Å². The number of carbonyl (C=O) groups is 1. The van der Waals surface area contributed by atoms with Crippen LogP contribution in [-0.2, 0) is 4.74 Å². The molecular formula is C21H33N5O2. The molecule has 7 nitrogen and oxygen atoms in total. The van der Waals surface area contributed by atoms with Crippen LogP contribution in [0.2, 0.25) is 0 Å². The van der Waals surface area contributed by atoms with Crippen LogP contribution in [0, 0.1) is 13.8 Å². The molecule has 4 rings (SSSR count). The summed E-state index contributed by atoms with van der Waals surface area (Å²) in [6.45, 7) is 6.76. The number of ether oxygens (including phenoxy) is 1. The van der Waals surface area contributed by atoms with Gasteiger partial charge in [-0.05, 0) is 39.5 Å². The van der Waals surface area contributed by atoms with Gasteiger partial charge in [0, 0.05) is 57.1 Å². The third-order valence-corrected chi connectivity index (χ3v) is 6.77. The Hall–Kier alpha value is -1.73. The van der Waals surface area contributed by atoms with Crippen molar-refractivity contribution in [3.63, 3.8) is 0 Å². The summed E-state index contributed by atoms with van der Waals surface area (Å²) in [6, 6.07) is 0.908. The van der Waals surface area contributed by atoms with E-state index in [0.29, 0.717) is 12.1 Å². The lowest BCUT2D eigenvalue weighted by Crippen LogP contribution is -2.50. The lowest BCUT2D eigenvalue weighted by Gasteiger charge is -2.32. The number of aromatic nitrogens is 2. The molecule has 1 unspecified atom stereocenters. The lowest BCUT2D eigenvalue weighted by atomic mass is 9.92. The molecule has 1 amide bonds. The third kappa shape index (κ3) is 3.50. The van der Waals surface area contributed by atoms with Crippen molar-refractivity contribution in [2.24, 2.45) is 0 Å². The number of nitrogens with one attached hydrogen (secondary N) is 1. The van der Waals surface area contributed by atoms with Gasteiger partial charge in [0.25, 0.3) is 5.91 Å². The Morgan fingerprint density at radius 3 is 2.68 bits per heavy atom. The van der Waals surface area contributed by atoms with Gasteiger partial charge in [0.2, 0.25) is 5.82 Å². The molecule has 2 atom stereocenters. The van der Waals surface area contributed by atoms with Crippen LogP contribution in [0.5, 0.6) is 0 Å². The number of hydrogen-bond donors (Lipinski definition) is 1.